The fourth-order valence-electron chi connectivity index (χ4n) is 3.86. The summed E-state index contributed by atoms with van der Waals surface area (Å²) in [7, 11) is 1.83. The first kappa shape index (κ1) is 24.4. The highest BCUT2D eigenvalue weighted by molar-refractivity contribution is 6.07. The van der Waals surface area contributed by atoms with Gasteiger partial charge in [0.05, 0.1) is 29.7 Å². The number of carbonyl (C=O) groups excluding carboxylic acids is 1. The minimum Gasteiger partial charge on any atom is -0.481 e. The first-order valence-electron chi connectivity index (χ1n) is 11.2. The van der Waals surface area contributed by atoms with Gasteiger partial charge in [-0.1, -0.05) is 18.2 Å². The lowest BCUT2D eigenvalue weighted by atomic mass is 10.1. The van der Waals surface area contributed by atoms with Crippen LogP contribution in [0.4, 0.5) is 15.8 Å². The molecule has 4 aromatic rings. The zero-order valence-corrected chi connectivity index (χ0v) is 19.5. The molecule has 0 radical (unpaired) electrons. The molecule has 0 bridgehead atoms. The molecule has 5 N–H and O–H groups in total. The smallest absolute Gasteiger partial charge is 0.305 e. The van der Waals surface area contributed by atoms with E-state index in [2.05, 4.69) is 10.3 Å². The van der Waals surface area contributed by atoms with Crippen LogP contribution in [0.3, 0.4) is 0 Å². The van der Waals surface area contributed by atoms with Crippen molar-refractivity contribution in [3.05, 3.63) is 89.5 Å². The van der Waals surface area contributed by atoms with Crippen LogP contribution >= 0.6 is 0 Å². The predicted octanol–water partition coefficient (Wildman–Crippen LogP) is 3.73. The van der Waals surface area contributed by atoms with Gasteiger partial charge < -0.3 is 25.6 Å². The Hall–Kier alpha value is -4.73. The molecule has 10 heteroatoms. The molecule has 0 aliphatic rings. The zero-order chi connectivity index (χ0) is 25.8. The number of rotatable bonds is 9. The molecular formula is C26H25FN6O3. The van der Waals surface area contributed by atoms with Crippen LogP contribution in [0.15, 0.2) is 66.7 Å². The van der Waals surface area contributed by atoms with E-state index in [1.165, 1.54) is 17.0 Å². The fraction of sp³-hybridized carbons (Fsp3) is 0.154. The molecule has 1 aromatic heterocycles. The summed E-state index contributed by atoms with van der Waals surface area (Å²) in [6.07, 6.45) is -0.188. The average molecular weight is 489 g/mol. The molecule has 3 aromatic carbocycles. The zero-order valence-electron chi connectivity index (χ0n) is 19.5. The Kier molecular flexibility index (Phi) is 6.95. The summed E-state index contributed by atoms with van der Waals surface area (Å²) in [5, 5.41) is 19.5. The van der Waals surface area contributed by atoms with E-state index >= 15 is 0 Å². The third kappa shape index (κ3) is 5.17. The van der Waals surface area contributed by atoms with Gasteiger partial charge in [-0.3, -0.25) is 15.0 Å². The Morgan fingerprint density at radius 1 is 1.11 bits per heavy atom. The van der Waals surface area contributed by atoms with Crippen molar-refractivity contribution in [3.8, 4) is 0 Å². The highest BCUT2D eigenvalue weighted by Crippen LogP contribution is 2.23. The largest absolute Gasteiger partial charge is 0.481 e. The number of nitrogens with zero attached hydrogens (tertiary/aromatic N) is 3. The van der Waals surface area contributed by atoms with E-state index in [1.54, 1.807) is 48.5 Å². The number of benzene rings is 3. The number of para-hydroxylation sites is 1. The van der Waals surface area contributed by atoms with Gasteiger partial charge in [0.15, 0.2) is 0 Å². The minimum absolute atomic E-state index is 0.0294. The Labute approximate surface area is 206 Å². The quantitative estimate of drug-likeness (QED) is 0.209. The predicted molar refractivity (Wildman–Crippen MR) is 136 cm³/mol. The molecule has 9 nitrogen and oxygen atoms in total. The molecular weight excluding hydrogens is 463 g/mol. The van der Waals surface area contributed by atoms with E-state index in [4.69, 9.17) is 16.2 Å². The SMILES string of the molecule is Cn1c(CNc2ccc(C(=N)N)cc2F)nc2cc(C(=O)N(CCC(=O)O)c3ccccc3)ccc21. The van der Waals surface area contributed by atoms with Gasteiger partial charge >= 0.3 is 5.97 Å². The number of nitrogen functional groups attached to an aromatic ring is 1. The number of imidazole rings is 1. The Balaban J connectivity index is 1.57. The number of hydrogen-bond acceptors (Lipinski definition) is 5. The van der Waals surface area contributed by atoms with Crippen molar-refractivity contribution >= 4 is 40.1 Å². The van der Waals surface area contributed by atoms with E-state index in [9.17, 15) is 14.0 Å². The van der Waals surface area contributed by atoms with Gasteiger partial charge in [0.25, 0.3) is 5.91 Å². The maximum atomic E-state index is 14.4. The van der Waals surface area contributed by atoms with Crippen LogP contribution in [0.25, 0.3) is 11.0 Å². The first-order valence-corrected chi connectivity index (χ1v) is 11.2. The van der Waals surface area contributed by atoms with Gasteiger partial charge in [0.1, 0.15) is 17.5 Å². The number of anilines is 2. The summed E-state index contributed by atoms with van der Waals surface area (Å²) < 4.78 is 16.2. The highest BCUT2D eigenvalue weighted by atomic mass is 19.1. The van der Waals surface area contributed by atoms with Crippen LogP contribution in [0.1, 0.15) is 28.2 Å². The number of aliphatic carboxylic acids is 1. The van der Waals surface area contributed by atoms with E-state index in [0.29, 0.717) is 28.2 Å². The lowest BCUT2D eigenvalue weighted by Crippen LogP contribution is -2.33. The van der Waals surface area contributed by atoms with Gasteiger partial charge in [0.2, 0.25) is 0 Å². The molecule has 1 amide bonds. The third-order valence-corrected chi connectivity index (χ3v) is 5.80. The van der Waals surface area contributed by atoms with Crippen LogP contribution in [-0.2, 0) is 18.4 Å². The summed E-state index contributed by atoms with van der Waals surface area (Å²) >= 11 is 0. The second-order valence-corrected chi connectivity index (χ2v) is 8.19. The number of carbonyl (C=O) groups is 2. The van der Waals surface area contributed by atoms with Gasteiger partial charge in [-0.25, -0.2) is 9.37 Å². The van der Waals surface area contributed by atoms with Crippen molar-refractivity contribution in [2.75, 3.05) is 16.8 Å². The van der Waals surface area contributed by atoms with Crippen molar-refractivity contribution in [2.45, 2.75) is 13.0 Å². The van der Waals surface area contributed by atoms with E-state index in [0.717, 1.165) is 5.52 Å². The number of carboxylic acid groups (broad SMARTS) is 1. The monoisotopic (exact) mass is 488 g/mol. The number of aryl methyl sites for hydroxylation is 1. The molecule has 1 heterocycles. The summed E-state index contributed by atoms with van der Waals surface area (Å²) in [4.78, 5) is 30.5. The number of fused-ring (bicyclic) bond motifs is 1. The Morgan fingerprint density at radius 3 is 2.50 bits per heavy atom. The summed E-state index contributed by atoms with van der Waals surface area (Å²) in [6.45, 7) is 0.251. The van der Waals surface area contributed by atoms with Crippen LogP contribution in [-0.4, -0.2) is 38.9 Å². The number of nitrogens with two attached hydrogens (primary N) is 1. The fourth-order valence-corrected chi connectivity index (χ4v) is 3.86. The van der Waals surface area contributed by atoms with Crippen molar-refractivity contribution in [1.29, 1.82) is 5.41 Å². The molecule has 0 saturated carbocycles. The average Bonchev–Trinajstić information content (AvgIpc) is 3.18. The second-order valence-electron chi connectivity index (χ2n) is 8.19. The molecule has 0 fully saturated rings. The summed E-state index contributed by atoms with van der Waals surface area (Å²) in [5.74, 6) is -1.45. The number of aromatic nitrogens is 2. The Bertz CT molecular complexity index is 1450. The number of amides is 1. The van der Waals surface area contributed by atoms with Gasteiger partial charge in [0, 0.05) is 30.4 Å². The Morgan fingerprint density at radius 2 is 1.83 bits per heavy atom. The van der Waals surface area contributed by atoms with Gasteiger partial charge in [-0.15, -0.1) is 0 Å². The van der Waals surface area contributed by atoms with E-state index in [-0.39, 0.29) is 36.9 Å². The maximum absolute atomic E-state index is 14.4. The standard InChI is InChI=1S/C26H25FN6O3/c1-32-22-10-8-17(26(36)33(12-11-24(34)35)18-5-3-2-4-6-18)14-21(22)31-23(32)15-30-20-9-7-16(25(28)29)13-19(20)27/h2-10,13-14,30H,11-12,15H2,1H3,(H3,28,29)(H,34,35). The van der Waals surface area contributed by atoms with Crippen LogP contribution in [0, 0.1) is 11.2 Å². The van der Waals surface area contributed by atoms with Crippen molar-refractivity contribution in [1.82, 2.24) is 9.55 Å². The van der Waals surface area contributed by atoms with E-state index < -0.39 is 11.8 Å². The minimum atomic E-state index is -0.992. The number of nitrogens with one attached hydrogen (secondary N) is 2. The van der Waals surface area contributed by atoms with Gasteiger partial charge in [-0.05, 0) is 48.5 Å². The molecule has 4 rings (SSSR count). The lowest BCUT2D eigenvalue weighted by molar-refractivity contribution is -0.136. The van der Waals surface area contributed by atoms with Crippen molar-refractivity contribution in [3.63, 3.8) is 0 Å². The third-order valence-electron chi connectivity index (χ3n) is 5.80. The second kappa shape index (κ2) is 10.3. The number of hydrogen-bond donors (Lipinski definition) is 4. The summed E-state index contributed by atoms with van der Waals surface area (Å²) in [6, 6.07) is 18.3. The van der Waals surface area contributed by atoms with Crippen LogP contribution in [0.5, 0.6) is 0 Å². The van der Waals surface area contributed by atoms with Crippen LogP contribution < -0.4 is 16.0 Å². The molecule has 36 heavy (non-hydrogen) atoms. The van der Waals surface area contributed by atoms with Crippen LogP contribution in [0.2, 0.25) is 0 Å². The lowest BCUT2D eigenvalue weighted by Gasteiger charge is -2.22. The number of amidine groups is 1. The molecule has 0 spiro atoms. The molecule has 0 aliphatic heterocycles. The van der Waals surface area contributed by atoms with Crippen molar-refractivity contribution < 1.29 is 19.1 Å². The number of carboxylic acids is 1. The number of halogens is 1. The molecule has 0 atom stereocenters. The normalized spacial score (nSPS) is 10.8. The molecule has 0 saturated heterocycles. The maximum Gasteiger partial charge on any atom is 0.305 e. The first-order chi connectivity index (χ1) is 17.2. The molecule has 0 unspecified atom stereocenters. The summed E-state index contributed by atoms with van der Waals surface area (Å²) in [5.41, 5.74) is 8.30. The van der Waals surface area contributed by atoms with Crippen molar-refractivity contribution in [2.24, 2.45) is 12.8 Å². The molecule has 0 aliphatic carbocycles. The van der Waals surface area contributed by atoms with E-state index in [1.807, 2.05) is 17.7 Å². The topological polar surface area (TPSA) is 137 Å². The highest BCUT2D eigenvalue weighted by Gasteiger charge is 2.20. The van der Waals surface area contributed by atoms with Gasteiger partial charge in [-0.2, -0.15) is 0 Å². The molecule has 184 valence electrons.